The summed E-state index contributed by atoms with van der Waals surface area (Å²) in [5.74, 6) is 0.757. The number of amides is 1. The van der Waals surface area contributed by atoms with Crippen molar-refractivity contribution in [3.8, 4) is 0 Å². The van der Waals surface area contributed by atoms with Gasteiger partial charge in [-0.2, -0.15) is 5.10 Å². The maximum absolute atomic E-state index is 11.7. The number of hydrogen-bond acceptors (Lipinski definition) is 3. The monoisotopic (exact) mass is 250 g/mol. The molecule has 2 rings (SSSR count). The zero-order chi connectivity index (χ0) is 12.1. The van der Waals surface area contributed by atoms with Gasteiger partial charge in [0.25, 0.3) is 5.91 Å². The third kappa shape index (κ3) is 3.40. The predicted molar refractivity (Wildman–Crippen MR) is 71.5 cm³/mol. The molecule has 1 amide bonds. The molecule has 1 N–H and O–H groups in total. The predicted octanol–water partition coefficient (Wildman–Crippen LogP) is 3.43. The molecule has 92 valence electrons. The molecule has 1 saturated carbocycles. The lowest BCUT2D eigenvalue weighted by molar-refractivity contribution is 0.0958. The van der Waals surface area contributed by atoms with Gasteiger partial charge in [0.05, 0.1) is 4.88 Å². The Hall–Kier alpha value is -1.16. The summed E-state index contributed by atoms with van der Waals surface area (Å²) in [6, 6.07) is 3.69. The second kappa shape index (κ2) is 5.96. The highest BCUT2D eigenvalue weighted by atomic mass is 32.1. The van der Waals surface area contributed by atoms with E-state index in [4.69, 9.17) is 0 Å². The molecule has 1 fully saturated rings. The first-order chi connectivity index (χ1) is 8.29. The van der Waals surface area contributed by atoms with Gasteiger partial charge in [-0.25, -0.2) is 5.43 Å². The van der Waals surface area contributed by atoms with Crippen molar-refractivity contribution < 1.29 is 4.79 Å². The van der Waals surface area contributed by atoms with Gasteiger partial charge in [-0.15, -0.1) is 11.3 Å². The first-order valence-corrected chi connectivity index (χ1v) is 7.07. The van der Waals surface area contributed by atoms with Crippen molar-refractivity contribution in [1.82, 2.24) is 5.43 Å². The number of hydrazone groups is 1. The van der Waals surface area contributed by atoms with Crippen LogP contribution in [0.25, 0.3) is 0 Å². The molecule has 1 aromatic heterocycles. The number of nitrogens with one attached hydrogen (secondary N) is 1. The van der Waals surface area contributed by atoms with Crippen LogP contribution < -0.4 is 5.43 Å². The van der Waals surface area contributed by atoms with Gasteiger partial charge in [0, 0.05) is 5.71 Å². The Bertz CT molecular complexity index is 388. The molecule has 0 spiro atoms. The zero-order valence-electron chi connectivity index (χ0n) is 10.1. The molecular formula is C13H18N2OS. The molecule has 17 heavy (non-hydrogen) atoms. The van der Waals surface area contributed by atoms with Crippen molar-refractivity contribution in [2.75, 3.05) is 0 Å². The smallest absolute Gasteiger partial charge is 0.266 e. The molecule has 0 atom stereocenters. The second-order valence-electron chi connectivity index (χ2n) is 4.45. The molecule has 3 nitrogen and oxygen atoms in total. The molecule has 1 aliphatic rings. The third-order valence-corrected chi connectivity index (χ3v) is 4.19. The summed E-state index contributed by atoms with van der Waals surface area (Å²) in [4.78, 5) is 12.4. The third-order valence-electron chi connectivity index (χ3n) is 3.32. The molecule has 1 aliphatic carbocycles. The van der Waals surface area contributed by atoms with Gasteiger partial charge in [0.15, 0.2) is 0 Å². The van der Waals surface area contributed by atoms with E-state index >= 15 is 0 Å². The normalized spacial score (nSPS) is 20.1. The fourth-order valence-electron chi connectivity index (χ4n) is 2.12. The van der Waals surface area contributed by atoms with E-state index in [-0.39, 0.29) is 5.91 Å². The number of thiophene rings is 1. The summed E-state index contributed by atoms with van der Waals surface area (Å²) in [5, 5.41) is 6.13. The summed E-state index contributed by atoms with van der Waals surface area (Å²) >= 11 is 1.44. The van der Waals surface area contributed by atoms with Gasteiger partial charge in [-0.3, -0.25) is 4.79 Å². The van der Waals surface area contributed by atoms with Crippen molar-refractivity contribution in [3.05, 3.63) is 22.4 Å². The molecule has 0 saturated heterocycles. The fourth-order valence-corrected chi connectivity index (χ4v) is 2.74. The number of carbonyl (C=O) groups is 1. The summed E-state index contributed by atoms with van der Waals surface area (Å²) in [6.07, 6.45) is 5.75. The molecular weight excluding hydrogens is 232 g/mol. The van der Waals surface area contributed by atoms with Crippen LogP contribution in [-0.4, -0.2) is 11.6 Å². The first-order valence-electron chi connectivity index (χ1n) is 6.19. The Morgan fingerprint density at radius 2 is 2.29 bits per heavy atom. The summed E-state index contributed by atoms with van der Waals surface area (Å²) in [7, 11) is 0. The minimum atomic E-state index is -0.0925. The van der Waals surface area contributed by atoms with Crippen LogP contribution in [0.4, 0.5) is 0 Å². The Balaban J connectivity index is 1.83. The number of hydrogen-bond donors (Lipinski definition) is 1. The summed E-state index contributed by atoms with van der Waals surface area (Å²) < 4.78 is 0. The molecule has 0 aliphatic heterocycles. The van der Waals surface area contributed by atoms with Crippen LogP contribution >= 0.6 is 11.3 Å². The van der Waals surface area contributed by atoms with Crippen molar-refractivity contribution in [3.63, 3.8) is 0 Å². The largest absolute Gasteiger partial charge is 0.281 e. The quantitative estimate of drug-likeness (QED) is 0.820. The van der Waals surface area contributed by atoms with Crippen LogP contribution in [-0.2, 0) is 0 Å². The Labute approximate surface area is 106 Å². The first kappa shape index (κ1) is 12.3. The SMILES string of the molecule is CCC1CCC(=NNC(=O)c2cccs2)CC1. The molecule has 1 heterocycles. The highest BCUT2D eigenvalue weighted by Gasteiger charge is 2.16. The number of nitrogens with zero attached hydrogens (tertiary/aromatic N) is 1. The number of rotatable bonds is 3. The lowest BCUT2D eigenvalue weighted by Gasteiger charge is -2.21. The topological polar surface area (TPSA) is 41.5 Å². The minimum Gasteiger partial charge on any atom is -0.266 e. The highest BCUT2D eigenvalue weighted by molar-refractivity contribution is 7.12. The number of carbonyl (C=O) groups excluding carboxylic acids is 1. The van der Waals surface area contributed by atoms with Gasteiger partial charge in [0.1, 0.15) is 0 Å². The van der Waals surface area contributed by atoms with Crippen molar-refractivity contribution in [1.29, 1.82) is 0 Å². The van der Waals surface area contributed by atoms with Crippen LogP contribution in [0, 0.1) is 5.92 Å². The maximum atomic E-state index is 11.7. The van der Waals surface area contributed by atoms with Gasteiger partial charge in [-0.05, 0) is 43.0 Å². The average Bonchev–Trinajstić information content (AvgIpc) is 2.90. The van der Waals surface area contributed by atoms with Gasteiger partial charge in [0.2, 0.25) is 0 Å². The Morgan fingerprint density at radius 3 is 2.88 bits per heavy atom. The second-order valence-corrected chi connectivity index (χ2v) is 5.40. The van der Waals surface area contributed by atoms with Crippen LogP contribution in [0.1, 0.15) is 48.7 Å². The lowest BCUT2D eigenvalue weighted by Crippen LogP contribution is -2.21. The summed E-state index contributed by atoms with van der Waals surface area (Å²) in [5.41, 5.74) is 3.79. The fraction of sp³-hybridized carbons (Fsp3) is 0.538. The van der Waals surface area contributed by atoms with Crippen LogP contribution in [0.2, 0.25) is 0 Å². The molecule has 4 heteroatoms. The minimum absolute atomic E-state index is 0.0925. The maximum Gasteiger partial charge on any atom is 0.281 e. The zero-order valence-corrected chi connectivity index (χ0v) is 10.9. The van der Waals surface area contributed by atoms with Gasteiger partial charge >= 0.3 is 0 Å². The average molecular weight is 250 g/mol. The van der Waals surface area contributed by atoms with Gasteiger partial charge in [-0.1, -0.05) is 19.4 Å². The van der Waals surface area contributed by atoms with E-state index < -0.39 is 0 Å². The van der Waals surface area contributed by atoms with Crippen molar-refractivity contribution in [2.24, 2.45) is 11.0 Å². The van der Waals surface area contributed by atoms with E-state index in [9.17, 15) is 4.79 Å². The molecule has 1 aromatic rings. The van der Waals surface area contributed by atoms with Gasteiger partial charge < -0.3 is 0 Å². The van der Waals surface area contributed by atoms with Crippen LogP contribution in [0.15, 0.2) is 22.6 Å². The highest BCUT2D eigenvalue weighted by Crippen LogP contribution is 2.24. The standard InChI is InChI=1S/C13H18N2OS/c1-2-10-5-7-11(8-6-10)14-15-13(16)12-4-3-9-17-12/h3-4,9-10H,2,5-8H2,1H3,(H,15,16). The van der Waals surface area contributed by atoms with Crippen molar-refractivity contribution >= 4 is 23.0 Å². The van der Waals surface area contributed by atoms with E-state index in [1.54, 1.807) is 0 Å². The van der Waals surface area contributed by atoms with E-state index in [1.807, 2.05) is 17.5 Å². The van der Waals surface area contributed by atoms with Crippen molar-refractivity contribution in [2.45, 2.75) is 39.0 Å². The Kier molecular flexibility index (Phi) is 4.31. The van der Waals surface area contributed by atoms with E-state index in [1.165, 1.54) is 30.6 Å². The molecule has 0 radical (unpaired) electrons. The molecule has 0 bridgehead atoms. The molecule has 0 aromatic carbocycles. The van der Waals surface area contributed by atoms with Crippen LogP contribution in [0.5, 0.6) is 0 Å². The Morgan fingerprint density at radius 1 is 1.53 bits per heavy atom. The van der Waals surface area contributed by atoms with E-state index in [2.05, 4.69) is 17.5 Å². The van der Waals surface area contributed by atoms with Crippen LogP contribution in [0.3, 0.4) is 0 Å². The summed E-state index contributed by atoms with van der Waals surface area (Å²) in [6.45, 7) is 2.24. The van der Waals surface area contributed by atoms with E-state index in [0.717, 1.165) is 29.3 Å². The molecule has 0 unspecified atom stereocenters. The van der Waals surface area contributed by atoms with E-state index in [0.29, 0.717) is 0 Å². The lowest BCUT2D eigenvalue weighted by atomic mass is 9.86.